The molecular formula is C12H22N4OS. The maximum absolute atomic E-state index is 12.0. The number of nitrogens with two attached hydrogens (primary N) is 1. The predicted octanol–water partition coefficient (Wildman–Crippen LogP) is 1.81. The van der Waals surface area contributed by atoms with Crippen LogP contribution in [0.4, 0.5) is 10.9 Å². The number of nitrogen functional groups attached to an aromatic ring is 1. The van der Waals surface area contributed by atoms with E-state index >= 15 is 0 Å². The van der Waals surface area contributed by atoms with Gasteiger partial charge in [0.05, 0.1) is 0 Å². The Morgan fingerprint density at radius 2 is 2.06 bits per heavy atom. The SMILES string of the molecule is CC(C)C(C)CNC(=O)c1sc(N(C)C)nc1N. The molecule has 1 atom stereocenters. The average Bonchev–Trinajstić information content (AvgIpc) is 2.67. The Kier molecular flexibility index (Phi) is 4.95. The third-order valence-corrected chi connectivity index (χ3v) is 4.19. The highest BCUT2D eigenvalue weighted by Gasteiger charge is 2.18. The van der Waals surface area contributed by atoms with Gasteiger partial charge in [0.2, 0.25) is 0 Å². The Hall–Kier alpha value is -1.30. The smallest absolute Gasteiger partial charge is 0.265 e. The van der Waals surface area contributed by atoms with E-state index in [-0.39, 0.29) is 5.91 Å². The number of nitrogens with zero attached hydrogens (tertiary/aromatic N) is 2. The summed E-state index contributed by atoms with van der Waals surface area (Å²) < 4.78 is 0. The van der Waals surface area contributed by atoms with Crippen LogP contribution >= 0.6 is 11.3 Å². The standard InChI is InChI=1S/C12H22N4OS/c1-7(2)8(3)6-14-11(17)9-10(13)15-12(18-9)16(4)5/h7-8H,6,13H2,1-5H3,(H,14,17). The van der Waals surface area contributed by atoms with Crippen molar-refractivity contribution in [3.63, 3.8) is 0 Å². The number of carbonyl (C=O) groups excluding carboxylic acids is 1. The van der Waals surface area contributed by atoms with Crippen molar-refractivity contribution in [2.24, 2.45) is 11.8 Å². The normalized spacial score (nSPS) is 12.6. The van der Waals surface area contributed by atoms with E-state index in [1.807, 2.05) is 19.0 Å². The van der Waals surface area contributed by atoms with Crippen LogP contribution in [0.5, 0.6) is 0 Å². The van der Waals surface area contributed by atoms with Crippen molar-refractivity contribution in [2.75, 3.05) is 31.3 Å². The maximum Gasteiger partial charge on any atom is 0.265 e. The molecule has 1 unspecified atom stereocenters. The van der Waals surface area contributed by atoms with Gasteiger partial charge in [0, 0.05) is 20.6 Å². The van der Waals surface area contributed by atoms with Gasteiger partial charge in [0.25, 0.3) is 5.91 Å². The minimum atomic E-state index is -0.134. The van der Waals surface area contributed by atoms with Crippen LogP contribution in [0.2, 0.25) is 0 Å². The minimum absolute atomic E-state index is 0.134. The lowest BCUT2D eigenvalue weighted by atomic mass is 9.98. The summed E-state index contributed by atoms with van der Waals surface area (Å²) in [6, 6.07) is 0. The summed E-state index contributed by atoms with van der Waals surface area (Å²) >= 11 is 1.31. The van der Waals surface area contributed by atoms with Gasteiger partial charge in [0.1, 0.15) is 10.7 Å². The van der Waals surface area contributed by atoms with Crippen molar-refractivity contribution in [2.45, 2.75) is 20.8 Å². The molecule has 5 nitrogen and oxygen atoms in total. The van der Waals surface area contributed by atoms with Crippen LogP contribution in [0, 0.1) is 11.8 Å². The molecule has 0 fully saturated rings. The van der Waals surface area contributed by atoms with Crippen LogP contribution in [-0.4, -0.2) is 31.5 Å². The number of hydrogen-bond donors (Lipinski definition) is 2. The monoisotopic (exact) mass is 270 g/mol. The molecule has 0 aromatic carbocycles. The molecule has 1 amide bonds. The first kappa shape index (κ1) is 14.8. The first-order chi connectivity index (χ1) is 8.32. The first-order valence-corrected chi connectivity index (χ1v) is 6.86. The molecule has 0 radical (unpaired) electrons. The van der Waals surface area contributed by atoms with Gasteiger partial charge < -0.3 is 16.0 Å². The summed E-state index contributed by atoms with van der Waals surface area (Å²) in [6.07, 6.45) is 0. The Balaban J connectivity index is 2.67. The van der Waals surface area contributed by atoms with Crippen molar-refractivity contribution < 1.29 is 4.79 Å². The number of anilines is 2. The van der Waals surface area contributed by atoms with Crippen LogP contribution in [0.15, 0.2) is 0 Å². The van der Waals surface area contributed by atoms with E-state index in [2.05, 4.69) is 31.1 Å². The number of carbonyl (C=O) groups is 1. The summed E-state index contributed by atoms with van der Waals surface area (Å²) in [5.74, 6) is 1.15. The van der Waals surface area contributed by atoms with Crippen molar-refractivity contribution in [1.82, 2.24) is 10.3 Å². The molecule has 102 valence electrons. The van der Waals surface area contributed by atoms with Crippen molar-refractivity contribution in [3.8, 4) is 0 Å². The molecule has 0 aliphatic heterocycles. The third kappa shape index (κ3) is 3.60. The second-order valence-corrected chi connectivity index (χ2v) is 6.01. The molecular weight excluding hydrogens is 248 g/mol. The minimum Gasteiger partial charge on any atom is -0.382 e. The van der Waals surface area contributed by atoms with E-state index in [1.54, 1.807) is 0 Å². The number of rotatable bonds is 5. The molecule has 3 N–H and O–H groups in total. The van der Waals surface area contributed by atoms with E-state index in [4.69, 9.17) is 5.73 Å². The molecule has 0 aliphatic rings. The molecule has 1 aromatic rings. The fraction of sp³-hybridized carbons (Fsp3) is 0.667. The van der Waals surface area contributed by atoms with Gasteiger partial charge in [-0.2, -0.15) is 0 Å². The van der Waals surface area contributed by atoms with Crippen LogP contribution in [-0.2, 0) is 0 Å². The van der Waals surface area contributed by atoms with Gasteiger partial charge in [-0.25, -0.2) is 4.98 Å². The zero-order valence-electron chi connectivity index (χ0n) is 11.7. The molecule has 1 heterocycles. The summed E-state index contributed by atoms with van der Waals surface area (Å²) in [5.41, 5.74) is 5.76. The number of hydrogen-bond acceptors (Lipinski definition) is 5. The Morgan fingerprint density at radius 3 is 2.50 bits per heavy atom. The van der Waals surface area contributed by atoms with Crippen molar-refractivity contribution in [1.29, 1.82) is 0 Å². The fourth-order valence-electron chi connectivity index (χ4n) is 1.24. The lowest BCUT2D eigenvalue weighted by molar-refractivity contribution is 0.0949. The fourth-order valence-corrected chi connectivity index (χ4v) is 2.07. The highest BCUT2D eigenvalue weighted by Crippen LogP contribution is 2.26. The topological polar surface area (TPSA) is 71.2 Å². The highest BCUT2D eigenvalue weighted by atomic mass is 32.1. The molecule has 1 rings (SSSR count). The number of thiazole rings is 1. The quantitative estimate of drug-likeness (QED) is 0.856. The second-order valence-electron chi connectivity index (χ2n) is 5.04. The average molecular weight is 270 g/mol. The molecule has 1 aromatic heterocycles. The highest BCUT2D eigenvalue weighted by molar-refractivity contribution is 7.18. The van der Waals surface area contributed by atoms with Crippen molar-refractivity contribution in [3.05, 3.63) is 4.88 Å². The molecule has 0 saturated heterocycles. The molecule has 0 spiro atoms. The Bertz CT molecular complexity index is 414. The van der Waals surface area contributed by atoms with E-state index in [9.17, 15) is 4.79 Å². The van der Waals surface area contributed by atoms with Gasteiger partial charge in [0.15, 0.2) is 5.13 Å². The molecule has 0 bridgehead atoms. The van der Waals surface area contributed by atoms with Crippen LogP contribution < -0.4 is 16.0 Å². The van der Waals surface area contributed by atoms with Gasteiger partial charge >= 0.3 is 0 Å². The zero-order chi connectivity index (χ0) is 13.9. The molecule has 0 saturated carbocycles. The molecule has 6 heteroatoms. The summed E-state index contributed by atoms with van der Waals surface area (Å²) in [4.78, 5) is 18.5. The van der Waals surface area contributed by atoms with Gasteiger partial charge in [-0.15, -0.1) is 0 Å². The summed E-state index contributed by atoms with van der Waals surface area (Å²) in [5, 5.41) is 3.65. The zero-order valence-corrected chi connectivity index (χ0v) is 12.5. The number of amides is 1. The first-order valence-electron chi connectivity index (χ1n) is 6.04. The Labute approximate surface area is 112 Å². The van der Waals surface area contributed by atoms with Gasteiger partial charge in [-0.3, -0.25) is 4.79 Å². The summed E-state index contributed by atoms with van der Waals surface area (Å²) in [7, 11) is 3.75. The third-order valence-electron chi connectivity index (χ3n) is 2.95. The van der Waals surface area contributed by atoms with Crippen LogP contribution in [0.1, 0.15) is 30.4 Å². The largest absolute Gasteiger partial charge is 0.382 e. The molecule has 18 heavy (non-hydrogen) atoms. The van der Waals surface area contributed by atoms with E-state index in [1.165, 1.54) is 11.3 Å². The molecule has 0 aliphatic carbocycles. The van der Waals surface area contributed by atoms with Crippen LogP contribution in [0.3, 0.4) is 0 Å². The van der Waals surface area contributed by atoms with Crippen LogP contribution in [0.25, 0.3) is 0 Å². The maximum atomic E-state index is 12.0. The number of nitrogens with one attached hydrogen (secondary N) is 1. The second kappa shape index (κ2) is 6.04. The van der Waals surface area contributed by atoms with E-state index in [0.29, 0.717) is 29.1 Å². The van der Waals surface area contributed by atoms with Gasteiger partial charge in [-0.05, 0) is 11.8 Å². The number of aromatic nitrogens is 1. The van der Waals surface area contributed by atoms with Crippen molar-refractivity contribution >= 4 is 28.2 Å². The lowest BCUT2D eigenvalue weighted by Gasteiger charge is -2.15. The lowest BCUT2D eigenvalue weighted by Crippen LogP contribution is -2.30. The van der Waals surface area contributed by atoms with E-state index < -0.39 is 0 Å². The summed E-state index contributed by atoms with van der Waals surface area (Å²) in [6.45, 7) is 7.06. The van der Waals surface area contributed by atoms with Gasteiger partial charge in [-0.1, -0.05) is 32.1 Å². The Morgan fingerprint density at radius 1 is 1.44 bits per heavy atom. The predicted molar refractivity (Wildman–Crippen MR) is 77.2 cm³/mol. The van der Waals surface area contributed by atoms with E-state index in [0.717, 1.165) is 5.13 Å².